The van der Waals surface area contributed by atoms with Gasteiger partial charge in [0.15, 0.2) is 6.61 Å². The molecule has 0 amide bonds. The van der Waals surface area contributed by atoms with Crippen molar-refractivity contribution in [2.45, 2.75) is 33.8 Å². The first-order valence-electron chi connectivity index (χ1n) is 6.74. The fraction of sp³-hybridized carbons (Fsp3) is 0.400. The molecule has 0 saturated heterocycles. The van der Waals surface area contributed by atoms with Gasteiger partial charge in [-0.3, -0.25) is 0 Å². The molecule has 0 aliphatic carbocycles. The van der Waals surface area contributed by atoms with Gasteiger partial charge in [-0.1, -0.05) is 19.0 Å². The van der Waals surface area contributed by atoms with Crippen LogP contribution in [0.2, 0.25) is 0 Å². The smallest absolute Gasteiger partial charge is 0.335 e. The zero-order valence-corrected chi connectivity index (χ0v) is 12.3. The number of hydrogen-bond donors (Lipinski definition) is 1. The van der Waals surface area contributed by atoms with Crippen LogP contribution in [0.25, 0.3) is 0 Å². The summed E-state index contributed by atoms with van der Waals surface area (Å²) in [6.07, 6.45) is 0.736. The second kappa shape index (κ2) is 6.39. The highest BCUT2D eigenvalue weighted by atomic mass is 16.5. The normalized spacial score (nSPS) is 10.9. The van der Waals surface area contributed by atoms with Gasteiger partial charge >= 0.3 is 5.97 Å². The molecule has 0 fully saturated rings. The van der Waals surface area contributed by atoms with E-state index in [0.717, 1.165) is 6.42 Å². The number of aryl methyl sites for hydroxylation is 1. The van der Waals surface area contributed by atoms with Gasteiger partial charge in [-0.15, -0.1) is 0 Å². The van der Waals surface area contributed by atoms with Crippen LogP contribution in [0.4, 0.5) is 0 Å². The predicted molar refractivity (Wildman–Crippen MR) is 75.3 cm³/mol. The Hall–Kier alpha value is -2.37. The third-order valence-electron chi connectivity index (χ3n) is 2.89. The van der Waals surface area contributed by atoms with Crippen LogP contribution in [0.3, 0.4) is 0 Å². The van der Waals surface area contributed by atoms with Crippen molar-refractivity contribution < 1.29 is 19.2 Å². The lowest BCUT2D eigenvalue weighted by Crippen LogP contribution is -2.02. The molecular weight excluding hydrogens is 272 g/mol. The predicted octanol–water partition coefficient (Wildman–Crippen LogP) is 2.85. The Bertz CT molecular complexity index is 634. The summed E-state index contributed by atoms with van der Waals surface area (Å²) in [5, 5.41) is 12.8. The minimum Gasteiger partial charge on any atom is -0.485 e. The summed E-state index contributed by atoms with van der Waals surface area (Å²) in [5.41, 5.74) is 0.912. The van der Waals surface area contributed by atoms with Crippen LogP contribution in [-0.2, 0) is 13.0 Å². The lowest BCUT2D eigenvalue weighted by molar-refractivity contribution is 0.0696. The second-order valence-electron chi connectivity index (χ2n) is 5.27. The number of aromatic carboxylic acids is 1. The van der Waals surface area contributed by atoms with Gasteiger partial charge in [0.2, 0.25) is 11.7 Å². The first-order chi connectivity index (χ1) is 9.95. The average molecular weight is 290 g/mol. The van der Waals surface area contributed by atoms with Gasteiger partial charge in [0, 0.05) is 6.42 Å². The molecule has 21 heavy (non-hydrogen) atoms. The van der Waals surface area contributed by atoms with Crippen LogP contribution in [-0.4, -0.2) is 21.2 Å². The number of aromatic nitrogens is 2. The van der Waals surface area contributed by atoms with Crippen LogP contribution in [0.5, 0.6) is 5.75 Å². The summed E-state index contributed by atoms with van der Waals surface area (Å²) in [5.74, 6) is 1.15. The summed E-state index contributed by atoms with van der Waals surface area (Å²) in [6.45, 7) is 6.07. The third-order valence-corrected chi connectivity index (χ3v) is 2.89. The molecule has 0 atom stereocenters. The largest absolute Gasteiger partial charge is 0.485 e. The fourth-order valence-corrected chi connectivity index (χ4v) is 1.89. The van der Waals surface area contributed by atoms with Gasteiger partial charge in [-0.05, 0) is 36.6 Å². The molecule has 0 aliphatic heterocycles. The minimum absolute atomic E-state index is 0.188. The highest BCUT2D eigenvalue weighted by molar-refractivity contribution is 5.89. The molecule has 1 heterocycles. The maximum atomic E-state index is 10.9. The number of nitrogens with zero attached hydrogens (tertiary/aromatic N) is 2. The Morgan fingerprint density at radius 3 is 2.81 bits per heavy atom. The molecule has 0 unspecified atom stereocenters. The van der Waals surface area contributed by atoms with Gasteiger partial charge < -0.3 is 14.4 Å². The maximum Gasteiger partial charge on any atom is 0.335 e. The topological polar surface area (TPSA) is 85.5 Å². The van der Waals surface area contributed by atoms with E-state index >= 15 is 0 Å². The molecule has 0 saturated carbocycles. The number of benzene rings is 1. The minimum atomic E-state index is -0.949. The van der Waals surface area contributed by atoms with E-state index in [1.807, 2.05) is 0 Å². The molecule has 6 nitrogen and oxygen atoms in total. The molecule has 1 aromatic heterocycles. The Balaban J connectivity index is 1.98. The monoisotopic (exact) mass is 290 g/mol. The maximum absolute atomic E-state index is 10.9. The zero-order valence-electron chi connectivity index (χ0n) is 12.3. The molecular formula is C15H18N2O4. The number of hydrogen-bond acceptors (Lipinski definition) is 5. The van der Waals surface area contributed by atoms with E-state index in [-0.39, 0.29) is 12.2 Å². The summed E-state index contributed by atoms with van der Waals surface area (Å²) in [7, 11) is 0. The quantitative estimate of drug-likeness (QED) is 0.880. The molecule has 0 bridgehead atoms. The van der Waals surface area contributed by atoms with Gasteiger partial charge in [-0.2, -0.15) is 4.98 Å². The molecule has 2 aromatic rings. The summed E-state index contributed by atoms with van der Waals surface area (Å²) in [4.78, 5) is 15.2. The fourth-order valence-electron chi connectivity index (χ4n) is 1.89. The van der Waals surface area contributed by atoms with Crippen molar-refractivity contribution in [3.05, 3.63) is 41.0 Å². The van der Waals surface area contributed by atoms with Crippen molar-refractivity contribution >= 4 is 5.97 Å². The van der Waals surface area contributed by atoms with E-state index in [2.05, 4.69) is 24.0 Å². The molecule has 1 aromatic carbocycles. The van der Waals surface area contributed by atoms with E-state index in [9.17, 15) is 4.79 Å². The molecule has 112 valence electrons. The Morgan fingerprint density at radius 1 is 1.43 bits per heavy atom. The highest BCUT2D eigenvalue weighted by Gasteiger charge is 2.10. The number of carboxylic acids is 1. The van der Waals surface area contributed by atoms with Gasteiger partial charge in [0.05, 0.1) is 5.56 Å². The third kappa shape index (κ3) is 4.05. The Kier molecular flexibility index (Phi) is 4.57. The van der Waals surface area contributed by atoms with Crippen molar-refractivity contribution in [2.24, 2.45) is 5.92 Å². The summed E-state index contributed by atoms with van der Waals surface area (Å²) < 4.78 is 10.7. The number of carbonyl (C=O) groups is 1. The lowest BCUT2D eigenvalue weighted by atomic mass is 10.1. The molecule has 0 aliphatic rings. The van der Waals surface area contributed by atoms with Crippen LogP contribution in [0.1, 0.15) is 41.5 Å². The van der Waals surface area contributed by atoms with E-state index < -0.39 is 5.97 Å². The summed E-state index contributed by atoms with van der Waals surface area (Å²) in [6, 6.07) is 4.82. The lowest BCUT2D eigenvalue weighted by Gasteiger charge is -2.06. The van der Waals surface area contributed by atoms with Crippen molar-refractivity contribution in [3.63, 3.8) is 0 Å². The van der Waals surface area contributed by atoms with Crippen LogP contribution in [0, 0.1) is 12.8 Å². The van der Waals surface area contributed by atoms with Gasteiger partial charge in [-0.25, -0.2) is 4.79 Å². The van der Waals surface area contributed by atoms with Crippen LogP contribution < -0.4 is 4.74 Å². The first-order valence-corrected chi connectivity index (χ1v) is 6.74. The van der Waals surface area contributed by atoms with Crippen molar-refractivity contribution in [1.82, 2.24) is 10.1 Å². The van der Waals surface area contributed by atoms with Crippen molar-refractivity contribution in [2.75, 3.05) is 0 Å². The van der Waals surface area contributed by atoms with Crippen LogP contribution in [0.15, 0.2) is 22.7 Å². The van der Waals surface area contributed by atoms with Crippen LogP contribution >= 0.6 is 0 Å². The van der Waals surface area contributed by atoms with E-state index in [0.29, 0.717) is 28.9 Å². The van der Waals surface area contributed by atoms with Gasteiger partial charge in [0.25, 0.3) is 0 Å². The molecule has 0 spiro atoms. The number of ether oxygens (including phenoxy) is 1. The molecule has 1 N–H and O–H groups in total. The van der Waals surface area contributed by atoms with E-state index in [1.165, 1.54) is 6.07 Å². The van der Waals surface area contributed by atoms with E-state index in [1.54, 1.807) is 19.1 Å². The Morgan fingerprint density at radius 2 is 2.19 bits per heavy atom. The highest BCUT2D eigenvalue weighted by Crippen LogP contribution is 2.18. The molecule has 6 heteroatoms. The average Bonchev–Trinajstić information content (AvgIpc) is 2.82. The Labute approximate surface area is 122 Å². The SMILES string of the molecule is Cc1cc(OCc2noc(CC(C)C)n2)ccc1C(=O)O. The number of carboxylic acid groups (broad SMARTS) is 1. The summed E-state index contributed by atoms with van der Waals surface area (Å²) >= 11 is 0. The second-order valence-corrected chi connectivity index (χ2v) is 5.27. The van der Waals surface area contributed by atoms with Crippen molar-refractivity contribution in [3.8, 4) is 5.75 Å². The molecule has 0 radical (unpaired) electrons. The van der Waals surface area contributed by atoms with Gasteiger partial charge in [0.1, 0.15) is 5.75 Å². The molecule has 2 rings (SSSR count). The van der Waals surface area contributed by atoms with Crippen molar-refractivity contribution in [1.29, 1.82) is 0 Å². The first kappa shape index (κ1) is 15.0. The number of rotatable bonds is 6. The van der Waals surface area contributed by atoms with E-state index in [4.69, 9.17) is 14.4 Å². The zero-order chi connectivity index (χ0) is 15.4. The standard InChI is InChI=1S/C15H18N2O4/c1-9(2)6-14-16-13(17-21-14)8-20-11-4-5-12(15(18)19)10(3)7-11/h4-5,7,9H,6,8H2,1-3H3,(H,18,19).